The van der Waals surface area contributed by atoms with Crippen molar-refractivity contribution in [3.8, 4) is 0 Å². The van der Waals surface area contributed by atoms with E-state index < -0.39 is 0 Å². The minimum atomic E-state index is -0.359. The van der Waals surface area contributed by atoms with Crippen molar-refractivity contribution in [2.24, 2.45) is 5.92 Å². The molecule has 17 heavy (non-hydrogen) atoms. The molecule has 1 N–H and O–H groups in total. The Labute approximate surface area is 108 Å². The van der Waals surface area contributed by atoms with Crippen molar-refractivity contribution in [2.45, 2.75) is 26.6 Å². The van der Waals surface area contributed by atoms with E-state index in [1.54, 1.807) is 11.8 Å². The van der Waals surface area contributed by atoms with Crippen LogP contribution in [0, 0.1) is 5.92 Å². The van der Waals surface area contributed by atoms with Gasteiger partial charge in [0.05, 0.1) is 19.3 Å². The van der Waals surface area contributed by atoms with Gasteiger partial charge in [0.1, 0.15) is 0 Å². The summed E-state index contributed by atoms with van der Waals surface area (Å²) in [5, 5.41) is 9.69. The van der Waals surface area contributed by atoms with Crippen molar-refractivity contribution < 1.29 is 9.84 Å². The lowest BCUT2D eigenvalue weighted by molar-refractivity contribution is 0.0398. The van der Waals surface area contributed by atoms with Crippen LogP contribution in [-0.4, -0.2) is 29.3 Å². The van der Waals surface area contributed by atoms with Crippen LogP contribution in [0.25, 0.3) is 0 Å². The van der Waals surface area contributed by atoms with Crippen LogP contribution >= 0.6 is 11.8 Å². The number of benzene rings is 1. The zero-order chi connectivity index (χ0) is 12.5. The SMILES string of the molecule is CC(C)CSCC(O)COCc1ccccc1. The van der Waals surface area contributed by atoms with Crippen LogP contribution < -0.4 is 0 Å². The molecule has 0 saturated heterocycles. The second-order valence-corrected chi connectivity index (χ2v) is 5.66. The predicted molar refractivity (Wildman–Crippen MR) is 74.3 cm³/mol. The highest BCUT2D eigenvalue weighted by Gasteiger charge is 2.05. The van der Waals surface area contributed by atoms with E-state index in [1.165, 1.54) is 0 Å². The summed E-state index contributed by atoms with van der Waals surface area (Å²) in [4.78, 5) is 0. The first-order valence-corrected chi connectivity index (χ1v) is 7.21. The van der Waals surface area contributed by atoms with Gasteiger partial charge in [-0.25, -0.2) is 0 Å². The average Bonchev–Trinajstić information content (AvgIpc) is 2.30. The fraction of sp³-hybridized carbons (Fsp3) is 0.571. The second kappa shape index (κ2) is 8.56. The van der Waals surface area contributed by atoms with Crippen molar-refractivity contribution in [3.63, 3.8) is 0 Å². The molecule has 0 spiro atoms. The van der Waals surface area contributed by atoms with Gasteiger partial charge >= 0.3 is 0 Å². The number of aliphatic hydroxyl groups excluding tert-OH is 1. The third-order valence-corrected chi connectivity index (χ3v) is 3.71. The molecular formula is C14H22O2S. The smallest absolute Gasteiger partial charge is 0.0863 e. The third-order valence-electron chi connectivity index (χ3n) is 2.18. The third kappa shape index (κ3) is 7.42. The monoisotopic (exact) mass is 254 g/mol. The lowest BCUT2D eigenvalue weighted by atomic mass is 10.2. The van der Waals surface area contributed by atoms with E-state index in [9.17, 15) is 5.11 Å². The molecule has 0 radical (unpaired) electrons. The topological polar surface area (TPSA) is 29.5 Å². The van der Waals surface area contributed by atoms with Gasteiger partial charge in [0.2, 0.25) is 0 Å². The van der Waals surface area contributed by atoms with Gasteiger partial charge in [-0.3, -0.25) is 0 Å². The van der Waals surface area contributed by atoms with Crippen LogP contribution in [-0.2, 0) is 11.3 Å². The van der Waals surface area contributed by atoms with Crippen LogP contribution in [0.1, 0.15) is 19.4 Å². The molecule has 1 aromatic carbocycles. The summed E-state index contributed by atoms with van der Waals surface area (Å²) in [5.41, 5.74) is 1.15. The lowest BCUT2D eigenvalue weighted by Gasteiger charge is -2.12. The molecule has 1 unspecified atom stereocenters. The molecule has 0 fully saturated rings. The summed E-state index contributed by atoms with van der Waals surface area (Å²) < 4.78 is 5.48. The highest BCUT2D eigenvalue weighted by molar-refractivity contribution is 7.99. The van der Waals surface area contributed by atoms with Gasteiger partial charge in [0.25, 0.3) is 0 Å². The predicted octanol–water partition coefficient (Wildman–Crippen LogP) is 2.95. The van der Waals surface area contributed by atoms with Gasteiger partial charge in [0, 0.05) is 5.75 Å². The van der Waals surface area contributed by atoms with Gasteiger partial charge in [-0.1, -0.05) is 44.2 Å². The van der Waals surface area contributed by atoms with Crippen molar-refractivity contribution in [1.29, 1.82) is 0 Å². The Morgan fingerprint density at radius 2 is 1.88 bits per heavy atom. The van der Waals surface area contributed by atoms with E-state index in [4.69, 9.17) is 4.74 Å². The number of thioether (sulfide) groups is 1. The largest absolute Gasteiger partial charge is 0.390 e. The van der Waals surface area contributed by atoms with E-state index in [1.807, 2.05) is 30.3 Å². The van der Waals surface area contributed by atoms with Crippen molar-refractivity contribution in [3.05, 3.63) is 35.9 Å². The Bertz CT molecular complexity index is 288. The first kappa shape index (κ1) is 14.6. The van der Waals surface area contributed by atoms with Gasteiger partial charge in [-0.05, 0) is 17.2 Å². The number of hydrogen-bond acceptors (Lipinski definition) is 3. The Morgan fingerprint density at radius 1 is 1.18 bits per heavy atom. The molecule has 1 atom stereocenters. The molecule has 0 heterocycles. The fourth-order valence-corrected chi connectivity index (χ4v) is 2.35. The number of aliphatic hydroxyl groups is 1. The zero-order valence-corrected chi connectivity index (χ0v) is 11.5. The van der Waals surface area contributed by atoms with Crippen LogP contribution in [0.15, 0.2) is 30.3 Å². The number of hydrogen-bond donors (Lipinski definition) is 1. The lowest BCUT2D eigenvalue weighted by Crippen LogP contribution is -2.18. The summed E-state index contributed by atoms with van der Waals surface area (Å²) in [6.07, 6.45) is -0.359. The highest BCUT2D eigenvalue weighted by Crippen LogP contribution is 2.09. The van der Waals surface area contributed by atoms with Crippen molar-refractivity contribution >= 4 is 11.8 Å². The maximum atomic E-state index is 9.69. The highest BCUT2D eigenvalue weighted by atomic mass is 32.2. The number of rotatable bonds is 8. The Balaban J connectivity index is 2.06. The van der Waals surface area contributed by atoms with E-state index in [0.29, 0.717) is 19.1 Å². The molecular weight excluding hydrogens is 232 g/mol. The van der Waals surface area contributed by atoms with Crippen LogP contribution in [0.5, 0.6) is 0 Å². The minimum absolute atomic E-state index is 0.359. The molecule has 1 aromatic rings. The summed E-state index contributed by atoms with van der Waals surface area (Å²) in [6, 6.07) is 10.0. The quantitative estimate of drug-likeness (QED) is 0.773. The van der Waals surface area contributed by atoms with E-state index in [2.05, 4.69) is 13.8 Å². The summed E-state index contributed by atoms with van der Waals surface area (Å²) in [5.74, 6) is 2.53. The summed E-state index contributed by atoms with van der Waals surface area (Å²) >= 11 is 1.79. The molecule has 0 bridgehead atoms. The van der Waals surface area contributed by atoms with Crippen LogP contribution in [0.4, 0.5) is 0 Å². The van der Waals surface area contributed by atoms with Crippen LogP contribution in [0.3, 0.4) is 0 Å². The second-order valence-electron chi connectivity index (χ2n) is 4.59. The summed E-state index contributed by atoms with van der Waals surface area (Å²) in [7, 11) is 0. The molecule has 0 aliphatic carbocycles. The Morgan fingerprint density at radius 3 is 2.53 bits per heavy atom. The molecule has 2 nitrogen and oxygen atoms in total. The van der Waals surface area contributed by atoms with Crippen molar-refractivity contribution in [2.75, 3.05) is 18.1 Å². The van der Waals surface area contributed by atoms with E-state index in [-0.39, 0.29) is 6.10 Å². The fourth-order valence-electron chi connectivity index (χ4n) is 1.37. The maximum absolute atomic E-state index is 9.69. The molecule has 1 rings (SSSR count). The summed E-state index contributed by atoms with van der Waals surface area (Å²) in [6.45, 7) is 5.36. The first-order valence-electron chi connectivity index (χ1n) is 6.06. The Kier molecular flexibility index (Phi) is 7.33. The van der Waals surface area contributed by atoms with E-state index >= 15 is 0 Å². The molecule has 96 valence electrons. The normalized spacial score (nSPS) is 12.9. The van der Waals surface area contributed by atoms with Crippen LogP contribution in [0.2, 0.25) is 0 Å². The number of ether oxygens (including phenoxy) is 1. The molecule has 0 aliphatic rings. The average molecular weight is 254 g/mol. The molecule has 0 saturated carbocycles. The minimum Gasteiger partial charge on any atom is -0.390 e. The molecule has 3 heteroatoms. The molecule has 0 aromatic heterocycles. The maximum Gasteiger partial charge on any atom is 0.0863 e. The molecule has 0 amide bonds. The Hall–Kier alpha value is -0.510. The van der Waals surface area contributed by atoms with Crippen molar-refractivity contribution in [1.82, 2.24) is 0 Å². The van der Waals surface area contributed by atoms with Gasteiger partial charge in [-0.15, -0.1) is 0 Å². The standard InChI is InChI=1S/C14H22O2S/c1-12(2)10-17-11-14(15)9-16-8-13-6-4-3-5-7-13/h3-7,12,14-15H,8-11H2,1-2H3. The van der Waals surface area contributed by atoms with Gasteiger partial charge < -0.3 is 9.84 Å². The van der Waals surface area contributed by atoms with Gasteiger partial charge in [0.15, 0.2) is 0 Å². The van der Waals surface area contributed by atoms with Gasteiger partial charge in [-0.2, -0.15) is 11.8 Å². The first-order chi connectivity index (χ1) is 8.18. The zero-order valence-electron chi connectivity index (χ0n) is 10.6. The molecule has 0 aliphatic heterocycles. The van der Waals surface area contributed by atoms with E-state index in [0.717, 1.165) is 17.1 Å².